The normalized spacial score (nSPS) is 16.7. The molecule has 1 aliphatic rings. The molecule has 0 radical (unpaired) electrons. The largest absolute Gasteiger partial charge is 0.356 e. The quantitative estimate of drug-likeness (QED) is 0.437. The monoisotopic (exact) mass is 437 g/mol. The van der Waals surface area contributed by atoms with Crippen LogP contribution in [-0.4, -0.2) is 45.8 Å². The summed E-state index contributed by atoms with van der Waals surface area (Å²) in [5.41, 5.74) is 0.926. The second kappa shape index (κ2) is 9.74. The van der Waals surface area contributed by atoms with Crippen LogP contribution < -0.4 is 15.5 Å². The molecule has 0 saturated carbocycles. The molecule has 0 bridgehead atoms. The fourth-order valence-electron chi connectivity index (χ4n) is 3.51. The number of carbonyl (C=O) groups excluding carboxylic acids is 1. The number of hydrogen-bond donors (Lipinski definition) is 2. The lowest BCUT2D eigenvalue weighted by molar-refractivity contribution is -0.117. The number of para-hydroxylation sites is 1. The van der Waals surface area contributed by atoms with E-state index in [2.05, 4.69) is 38.3 Å². The molecule has 3 heterocycles. The van der Waals surface area contributed by atoms with Crippen LogP contribution in [-0.2, 0) is 24.8 Å². The van der Waals surface area contributed by atoms with Crippen LogP contribution in [0.5, 0.6) is 0 Å². The number of aromatic nitrogens is 3. The third-order valence-electron chi connectivity index (χ3n) is 5.34. The highest BCUT2D eigenvalue weighted by molar-refractivity contribution is 7.09. The van der Waals surface area contributed by atoms with Crippen LogP contribution in [0.3, 0.4) is 0 Å². The van der Waals surface area contributed by atoms with Crippen molar-refractivity contribution in [1.29, 1.82) is 0 Å². The van der Waals surface area contributed by atoms with E-state index in [4.69, 9.17) is 4.99 Å². The van der Waals surface area contributed by atoms with E-state index in [1.165, 1.54) is 4.88 Å². The van der Waals surface area contributed by atoms with E-state index in [9.17, 15) is 4.79 Å². The highest BCUT2D eigenvalue weighted by Gasteiger charge is 2.31. The molecule has 1 aromatic carbocycles. The predicted molar refractivity (Wildman–Crippen MR) is 123 cm³/mol. The van der Waals surface area contributed by atoms with Gasteiger partial charge in [0.1, 0.15) is 12.4 Å². The maximum atomic E-state index is 12.6. The number of aryl methyl sites for hydroxylation is 1. The number of aliphatic imine (C=N–C) groups is 1. The fourth-order valence-corrected chi connectivity index (χ4v) is 4.21. The topological polar surface area (TPSA) is 87.4 Å². The third-order valence-corrected chi connectivity index (χ3v) is 6.28. The van der Waals surface area contributed by atoms with Gasteiger partial charge >= 0.3 is 0 Å². The first kappa shape index (κ1) is 21.0. The van der Waals surface area contributed by atoms with Crippen LogP contribution in [0, 0.1) is 6.92 Å². The van der Waals surface area contributed by atoms with Gasteiger partial charge in [0, 0.05) is 37.1 Å². The van der Waals surface area contributed by atoms with Gasteiger partial charge in [-0.15, -0.1) is 21.5 Å². The summed E-state index contributed by atoms with van der Waals surface area (Å²) < 4.78 is 1.93. The van der Waals surface area contributed by atoms with E-state index in [-0.39, 0.29) is 11.9 Å². The van der Waals surface area contributed by atoms with Gasteiger partial charge in [0.25, 0.3) is 0 Å². The van der Waals surface area contributed by atoms with Crippen molar-refractivity contribution in [2.75, 3.05) is 18.0 Å². The van der Waals surface area contributed by atoms with Gasteiger partial charge in [0.15, 0.2) is 11.8 Å². The number of thiophene rings is 1. The first-order valence-electron chi connectivity index (χ1n) is 10.4. The van der Waals surface area contributed by atoms with Gasteiger partial charge in [-0.05, 0) is 36.9 Å². The average Bonchev–Trinajstić information content (AvgIpc) is 3.49. The van der Waals surface area contributed by atoms with Crippen LogP contribution in [0.25, 0.3) is 0 Å². The number of rotatable bonds is 7. The van der Waals surface area contributed by atoms with E-state index in [0.717, 1.165) is 30.3 Å². The van der Waals surface area contributed by atoms with Gasteiger partial charge in [-0.25, -0.2) is 4.99 Å². The van der Waals surface area contributed by atoms with Crippen LogP contribution in [0.1, 0.15) is 22.9 Å². The summed E-state index contributed by atoms with van der Waals surface area (Å²) in [6.45, 7) is 3.69. The van der Waals surface area contributed by atoms with Crippen molar-refractivity contribution in [3.8, 4) is 0 Å². The smallest absolute Gasteiger partial charge is 0.229 e. The Morgan fingerprint density at radius 2 is 2.06 bits per heavy atom. The molecule has 8 nitrogen and oxygen atoms in total. The van der Waals surface area contributed by atoms with Crippen LogP contribution >= 0.6 is 11.3 Å². The molecule has 4 rings (SSSR count). The molecule has 0 spiro atoms. The molecule has 9 heteroatoms. The predicted octanol–water partition coefficient (Wildman–Crippen LogP) is 2.27. The van der Waals surface area contributed by atoms with E-state index < -0.39 is 0 Å². The summed E-state index contributed by atoms with van der Waals surface area (Å²) >= 11 is 1.75. The number of guanidine groups is 1. The molecule has 1 saturated heterocycles. The number of benzene rings is 1. The van der Waals surface area contributed by atoms with Crippen molar-refractivity contribution in [2.24, 2.45) is 12.0 Å². The molecule has 162 valence electrons. The van der Waals surface area contributed by atoms with Gasteiger partial charge in [0.2, 0.25) is 5.91 Å². The van der Waals surface area contributed by atoms with Crippen LogP contribution in [0.4, 0.5) is 5.69 Å². The van der Waals surface area contributed by atoms with Gasteiger partial charge < -0.3 is 20.1 Å². The fraction of sp³-hybridized carbons (Fsp3) is 0.364. The van der Waals surface area contributed by atoms with Gasteiger partial charge in [0.05, 0.1) is 6.04 Å². The van der Waals surface area contributed by atoms with Gasteiger partial charge in [-0.3, -0.25) is 4.79 Å². The standard InChI is InChI=1S/C22H27N7OS/c1-16-26-27-20(28(16)2)14-24-22(23-11-10-19-9-6-12-31-19)25-17-13-21(30)29(15-17)18-7-4-3-5-8-18/h3-9,12,17H,10-11,13-15H2,1-2H3,(H2,23,24,25). The Kier molecular flexibility index (Phi) is 6.61. The van der Waals surface area contributed by atoms with Crippen molar-refractivity contribution in [3.63, 3.8) is 0 Å². The number of carbonyl (C=O) groups is 1. The molecule has 2 aromatic heterocycles. The zero-order valence-corrected chi connectivity index (χ0v) is 18.6. The third kappa shape index (κ3) is 5.29. The maximum Gasteiger partial charge on any atom is 0.229 e. The summed E-state index contributed by atoms with van der Waals surface area (Å²) in [5.74, 6) is 2.45. The van der Waals surface area contributed by atoms with Crippen LogP contribution in [0.15, 0.2) is 52.8 Å². The second-order valence-corrected chi connectivity index (χ2v) is 8.56. The zero-order chi connectivity index (χ0) is 21.6. The van der Waals surface area contributed by atoms with Crippen molar-refractivity contribution < 1.29 is 4.79 Å². The molecule has 31 heavy (non-hydrogen) atoms. The summed E-state index contributed by atoms with van der Waals surface area (Å²) in [6.07, 6.45) is 1.35. The minimum absolute atomic E-state index is 0.0121. The molecular weight excluding hydrogens is 410 g/mol. The van der Waals surface area contributed by atoms with E-state index in [0.29, 0.717) is 25.5 Å². The molecule has 1 unspecified atom stereocenters. The van der Waals surface area contributed by atoms with Crippen molar-refractivity contribution in [2.45, 2.75) is 32.4 Å². The number of amides is 1. The average molecular weight is 438 g/mol. The van der Waals surface area contributed by atoms with Crippen LogP contribution in [0.2, 0.25) is 0 Å². The molecule has 1 amide bonds. The van der Waals surface area contributed by atoms with Crippen molar-refractivity contribution >= 4 is 28.9 Å². The lowest BCUT2D eigenvalue weighted by Crippen LogP contribution is -2.45. The molecule has 1 atom stereocenters. The highest BCUT2D eigenvalue weighted by atomic mass is 32.1. The van der Waals surface area contributed by atoms with Gasteiger partial charge in [-0.2, -0.15) is 0 Å². The minimum Gasteiger partial charge on any atom is -0.356 e. The summed E-state index contributed by atoms with van der Waals surface area (Å²) in [4.78, 5) is 20.4. The maximum absolute atomic E-state index is 12.6. The SMILES string of the molecule is Cc1nnc(CN=C(NCCc2cccs2)NC2CC(=O)N(c3ccccc3)C2)n1C. The number of anilines is 1. The Morgan fingerprint density at radius 1 is 1.23 bits per heavy atom. The van der Waals surface area contributed by atoms with Gasteiger partial charge in [-0.1, -0.05) is 24.3 Å². The molecule has 1 aliphatic heterocycles. The van der Waals surface area contributed by atoms with E-state index in [1.807, 2.05) is 53.8 Å². The lowest BCUT2D eigenvalue weighted by Gasteiger charge is -2.19. The first-order chi connectivity index (χ1) is 15.1. The molecule has 0 aliphatic carbocycles. The Bertz CT molecular complexity index is 1030. The highest BCUT2D eigenvalue weighted by Crippen LogP contribution is 2.21. The Labute approximate surface area is 186 Å². The first-order valence-corrected chi connectivity index (χ1v) is 11.3. The number of hydrogen-bond acceptors (Lipinski definition) is 5. The van der Waals surface area contributed by atoms with E-state index in [1.54, 1.807) is 11.3 Å². The Balaban J connectivity index is 1.42. The molecule has 1 fully saturated rings. The Hall–Kier alpha value is -3.20. The summed E-state index contributed by atoms with van der Waals surface area (Å²) in [7, 11) is 1.94. The Morgan fingerprint density at radius 3 is 2.77 bits per heavy atom. The summed E-state index contributed by atoms with van der Waals surface area (Å²) in [5, 5.41) is 17.2. The molecule has 2 N–H and O–H groups in total. The molecule has 3 aromatic rings. The lowest BCUT2D eigenvalue weighted by atomic mass is 10.2. The van der Waals surface area contributed by atoms with E-state index >= 15 is 0 Å². The van der Waals surface area contributed by atoms with Crippen molar-refractivity contribution in [1.82, 2.24) is 25.4 Å². The van der Waals surface area contributed by atoms with Crippen molar-refractivity contribution in [3.05, 3.63) is 64.4 Å². The number of nitrogens with one attached hydrogen (secondary N) is 2. The zero-order valence-electron chi connectivity index (χ0n) is 17.8. The second-order valence-electron chi connectivity index (χ2n) is 7.53. The number of nitrogens with zero attached hydrogens (tertiary/aromatic N) is 5. The summed E-state index contributed by atoms with van der Waals surface area (Å²) in [6, 6.07) is 14.0. The molecular formula is C22H27N7OS. The minimum atomic E-state index is -0.0121.